The monoisotopic (exact) mass is 426 g/mol. The van der Waals surface area contributed by atoms with Gasteiger partial charge in [-0.1, -0.05) is 15.9 Å². The molecule has 0 radical (unpaired) electrons. The zero-order chi connectivity index (χ0) is 19.4. The number of carbonyl (C=O) groups excluding carboxylic acids is 2. The molecule has 9 heteroatoms. The maximum Gasteiger partial charge on any atom is 0.339 e. The van der Waals surface area contributed by atoms with E-state index < -0.39 is 23.8 Å². The van der Waals surface area contributed by atoms with Crippen molar-refractivity contribution < 1.29 is 28.5 Å². The lowest BCUT2D eigenvalue weighted by Gasteiger charge is -2.31. The third kappa shape index (κ3) is 3.52. The molecule has 26 heavy (non-hydrogen) atoms. The van der Waals surface area contributed by atoms with Gasteiger partial charge in [-0.25, -0.2) is 4.79 Å². The summed E-state index contributed by atoms with van der Waals surface area (Å²) < 4.78 is 21.4. The van der Waals surface area contributed by atoms with Gasteiger partial charge in [-0.2, -0.15) is 0 Å². The van der Waals surface area contributed by atoms with Gasteiger partial charge in [-0.05, 0) is 12.1 Å². The Balaban J connectivity index is 2.80. The summed E-state index contributed by atoms with van der Waals surface area (Å²) in [6.07, 6.45) is 1.40. The zero-order valence-corrected chi connectivity index (χ0v) is 16.3. The van der Waals surface area contributed by atoms with Crippen LogP contribution in [0.15, 0.2) is 33.1 Å². The highest BCUT2D eigenvalue weighted by Gasteiger charge is 2.43. The lowest BCUT2D eigenvalue weighted by atomic mass is 9.79. The highest BCUT2D eigenvalue weighted by Crippen LogP contribution is 2.48. The second-order valence-electron chi connectivity index (χ2n) is 5.33. The summed E-state index contributed by atoms with van der Waals surface area (Å²) in [6, 6.07) is 3.41. The molecule has 1 aromatic carbocycles. The van der Waals surface area contributed by atoms with Crippen molar-refractivity contribution in [3.8, 4) is 11.5 Å². The molecule has 1 heterocycles. The SMILES string of the molecule is CN=CC(C(=O)OC)C1C(C(=O)OC)=C(N)Oc2c(OC)cc(Br)cc21. The molecule has 0 aromatic heterocycles. The number of rotatable bonds is 5. The summed E-state index contributed by atoms with van der Waals surface area (Å²) in [6.45, 7) is 0. The largest absolute Gasteiger partial charge is 0.493 e. The number of benzene rings is 1. The smallest absolute Gasteiger partial charge is 0.339 e. The number of methoxy groups -OCH3 is 3. The van der Waals surface area contributed by atoms with E-state index in [0.29, 0.717) is 21.5 Å². The number of nitrogens with zero attached hydrogens (tertiary/aromatic N) is 1. The highest BCUT2D eigenvalue weighted by molar-refractivity contribution is 9.10. The number of fused-ring (bicyclic) bond motifs is 1. The van der Waals surface area contributed by atoms with Crippen LogP contribution in [0.25, 0.3) is 0 Å². The van der Waals surface area contributed by atoms with Crippen LogP contribution in [0.4, 0.5) is 0 Å². The quantitative estimate of drug-likeness (QED) is 0.564. The predicted molar refractivity (Wildman–Crippen MR) is 97.2 cm³/mol. The summed E-state index contributed by atoms with van der Waals surface area (Å²) in [5.41, 5.74) is 6.52. The van der Waals surface area contributed by atoms with Crippen LogP contribution in [0.3, 0.4) is 0 Å². The van der Waals surface area contributed by atoms with Crippen LogP contribution in [0.1, 0.15) is 11.5 Å². The van der Waals surface area contributed by atoms with Gasteiger partial charge >= 0.3 is 11.9 Å². The molecule has 2 atom stereocenters. The molecule has 0 saturated heterocycles. The van der Waals surface area contributed by atoms with Crippen molar-refractivity contribution in [1.82, 2.24) is 0 Å². The van der Waals surface area contributed by atoms with E-state index in [0.717, 1.165) is 0 Å². The van der Waals surface area contributed by atoms with Crippen LogP contribution in [0, 0.1) is 5.92 Å². The van der Waals surface area contributed by atoms with Crippen molar-refractivity contribution in [2.75, 3.05) is 28.4 Å². The highest BCUT2D eigenvalue weighted by atomic mass is 79.9. The fourth-order valence-corrected chi connectivity index (χ4v) is 3.30. The third-order valence-corrected chi connectivity index (χ3v) is 4.40. The molecule has 1 aliphatic rings. The van der Waals surface area contributed by atoms with Gasteiger partial charge in [0.05, 0.1) is 21.3 Å². The molecule has 1 aromatic rings. The first-order chi connectivity index (χ1) is 12.4. The molecule has 0 fully saturated rings. The van der Waals surface area contributed by atoms with Crippen LogP contribution in [0.2, 0.25) is 0 Å². The number of hydrogen-bond acceptors (Lipinski definition) is 8. The van der Waals surface area contributed by atoms with E-state index in [9.17, 15) is 9.59 Å². The van der Waals surface area contributed by atoms with E-state index in [1.165, 1.54) is 34.6 Å². The van der Waals surface area contributed by atoms with E-state index in [-0.39, 0.29) is 11.5 Å². The lowest BCUT2D eigenvalue weighted by Crippen LogP contribution is -2.34. The first kappa shape index (κ1) is 19.8. The number of esters is 2. The van der Waals surface area contributed by atoms with Crippen molar-refractivity contribution in [2.24, 2.45) is 16.6 Å². The summed E-state index contributed by atoms with van der Waals surface area (Å²) in [5, 5.41) is 0. The van der Waals surface area contributed by atoms with Crippen molar-refractivity contribution >= 4 is 34.1 Å². The Morgan fingerprint density at radius 1 is 1.31 bits per heavy atom. The summed E-state index contributed by atoms with van der Waals surface area (Å²) in [4.78, 5) is 28.7. The van der Waals surface area contributed by atoms with Gasteiger partial charge in [0.1, 0.15) is 11.5 Å². The predicted octanol–water partition coefficient (Wildman–Crippen LogP) is 1.77. The minimum absolute atomic E-state index is 0.00968. The van der Waals surface area contributed by atoms with Gasteiger partial charge < -0.3 is 24.7 Å². The van der Waals surface area contributed by atoms with E-state index in [1.807, 2.05) is 0 Å². The maximum absolute atomic E-state index is 12.4. The lowest BCUT2D eigenvalue weighted by molar-refractivity contribution is -0.143. The molecule has 2 N–H and O–H groups in total. The molecule has 140 valence electrons. The Morgan fingerprint density at radius 3 is 2.54 bits per heavy atom. The number of halogens is 1. The van der Waals surface area contributed by atoms with Crippen LogP contribution in [-0.4, -0.2) is 46.5 Å². The zero-order valence-electron chi connectivity index (χ0n) is 14.7. The molecule has 0 bridgehead atoms. The van der Waals surface area contributed by atoms with Crippen LogP contribution in [0.5, 0.6) is 11.5 Å². The number of carbonyl (C=O) groups is 2. The minimum Gasteiger partial charge on any atom is -0.493 e. The molecule has 0 aliphatic carbocycles. The maximum atomic E-state index is 12.4. The van der Waals surface area contributed by atoms with E-state index in [1.54, 1.807) is 12.1 Å². The van der Waals surface area contributed by atoms with E-state index in [4.69, 9.17) is 24.7 Å². The first-order valence-corrected chi connectivity index (χ1v) is 8.32. The normalized spacial score (nSPS) is 17.3. The summed E-state index contributed by atoms with van der Waals surface area (Å²) in [5.74, 6) is -2.51. The Morgan fingerprint density at radius 2 is 2.00 bits per heavy atom. The Labute approximate surface area is 159 Å². The van der Waals surface area contributed by atoms with Crippen LogP contribution < -0.4 is 15.2 Å². The Hall–Kier alpha value is -2.55. The molecule has 2 unspecified atom stereocenters. The Kier molecular flexibility index (Phi) is 6.25. The molecular weight excluding hydrogens is 408 g/mol. The standard InChI is InChI=1S/C17H19BrN2O6/c1-20-7-10(16(21)24-3)12-9-5-8(18)6-11(23-2)14(9)26-15(19)13(12)17(22)25-4/h5-7,10,12H,19H2,1-4H3. The topological polar surface area (TPSA) is 109 Å². The summed E-state index contributed by atoms with van der Waals surface area (Å²) >= 11 is 3.39. The fraction of sp³-hybridized carbons (Fsp3) is 0.353. The van der Waals surface area contributed by atoms with Crippen molar-refractivity contribution in [3.05, 3.63) is 33.6 Å². The molecule has 0 amide bonds. The number of aliphatic imine (C=N–C) groups is 1. The molecule has 2 rings (SSSR count). The van der Waals surface area contributed by atoms with E-state index >= 15 is 0 Å². The number of hydrogen-bond donors (Lipinski definition) is 1. The molecule has 1 aliphatic heterocycles. The number of nitrogens with two attached hydrogens (primary N) is 1. The first-order valence-electron chi connectivity index (χ1n) is 7.52. The van der Waals surface area contributed by atoms with Gasteiger partial charge in [0, 0.05) is 29.2 Å². The van der Waals surface area contributed by atoms with Gasteiger partial charge in [0.2, 0.25) is 5.88 Å². The van der Waals surface area contributed by atoms with Gasteiger partial charge in [0.15, 0.2) is 11.5 Å². The second-order valence-corrected chi connectivity index (χ2v) is 6.25. The second kappa shape index (κ2) is 8.22. The summed E-state index contributed by atoms with van der Waals surface area (Å²) in [7, 11) is 5.47. The molecule has 0 saturated carbocycles. The van der Waals surface area contributed by atoms with Crippen LogP contribution in [-0.2, 0) is 19.1 Å². The molecular formula is C17H19BrN2O6. The number of ether oxygens (including phenoxy) is 4. The van der Waals surface area contributed by atoms with Crippen LogP contribution >= 0.6 is 15.9 Å². The van der Waals surface area contributed by atoms with Crippen molar-refractivity contribution in [2.45, 2.75) is 5.92 Å². The van der Waals surface area contributed by atoms with Crippen molar-refractivity contribution in [3.63, 3.8) is 0 Å². The average molecular weight is 427 g/mol. The molecule has 0 spiro atoms. The van der Waals surface area contributed by atoms with Crippen molar-refractivity contribution in [1.29, 1.82) is 0 Å². The van der Waals surface area contributed by atoms with Gasteiger partial charge in [0.25, 0.3) is 0 Å². The minimum atomic E-state index is -0.917. The third-order valence-electron chi connectivity index (χ3n) is 3.94. The fourth-order valence-electron chi connectivity index (χ4n) is 2.84. The van der Waals surface area contributed by atoms with Gasteiger partial charge in [-0.15, -0.1) is 0 Å². The Bertz CT molecular complexity index is 790. The average Bonchev–Trinajstić information content (AvgIpc) is 2.63. The van der Waals surface area contributed by atoms with Gasteiger partial charge in [-0.3, -0.25) is 9.79 Å². The molecule has 8 nitrogen and oxygen atoms in total. The van der Waals surface area contributed by atoms with E-state index in [2.05, 4.69) is 20.9 Å².